The van der Waals surface area contributed by atoms with Gasteiger partial charge in [-0.2, -0.15) is 0 Å². The van der Waals surface area contributed by atoms with Gasteiger partial charge in [0.1, 0.15) is 0 Å². The first-order chi connectivity index (χ1) is 10.9. The fraction of sp³-hybridized carbons (Fsp3) is 0.727. The maximum Gasteiger partial charge on any atom is -0.0279 e. The molecule has 0 aliphatic heterocycles. The first-order valence-electron chi connectivity index (χ1n) is 9.97. The van der Waals surface area contributed by atoms with Crippen LogP contribution in [0.25, 0.3) is 0 Å². The topological polar surface area (TPSA) is 31.5 Å². The Bertz CT molecular complexity index is 320. The van der Waals surface area contributed by atoms with Crippen molar-refractivity contribution >= 4 is 0 Å². The van der Waals surface area contributed by atoms with Crippen LogP contribution in [0.4, 0.5) is 0 Å². The number of benzene rings is 1. The summed E-state index contributed by atoms with van der Waals surface area (Å²) < 4.78 is 0. The quantitative estimate of drug-likeness (QED) is 0.315. The van der Waals surface area contributed by atoms with Crippen molar-refractivity contribution in [3.63, 3.8) is 0 Å². The molecule has 0 saturated carbocycles. The zero-order chi connectivity index (χ0) is 15.7. The van der Waals surface area contributed by atoms with Gasteiger partial charge in [-0.3, -0.25) is 0 Å². The molecule has 0 aliphatic carbocycles. The SMILES string of the molecule is CCCCCCCCCCCCCCCCc1ccccc1.O. The van der Waals surface area contributed by atoms with Gasteiger partial charge in [-0.25, -0.2) is 0 Å². The molecule has 1 aromatic carbocycles. The van der Waals surface area contributed by atoms with E-state index in [1.807, 2.05) is 0 Å². The van der Waals surface area contributed by atoms with E-state index in [1.54, 1.807) is 0 Å². The van der Waals surface area contributed by atoms with Gasteiger partial charge in [-0.15, -0.1) is 0 Å². The summed E-state index contributed by atoms with van der Waals surface area (Å²) in [5.41, 5.74) is 1.50. The summed E-state index contributed by atoms with van der Waals surface area (Å²) in [4.78, 5) is 0. The van der Waals surface area contributed by atoms with Gasteiger partial charge in [0.2, 0.25) is 0 Å². The lowest BCUT2D eigenvalue weighted by Crippen LogP contribution is -1.86. The first kappa shape index (κ1) is 22.2. The van der Waals surface area contributed by atoms with E-state index in [-0.39, 0.29) is 5.48 Å². The van der Waals surface area contributed by atoms with Crippen LogP contribution in [0.5, 0.6) is 0 Å². The Morgan fingerprint density at radius 1 is 0.522 bits per heavy atom. The molecule has 0 fully saturated rings. The van der Waals surface area contributed by atoms with Crippen molar-refractivity contribution in [1.82, 2.24) is 0 Å². The summed E-state index contributed by atoms with van der Waals surface area (Å²) >= 11 is 0. The Balaban J connectivity index is 0.00000484. The lowest BCUT2D eigenvalue weighted by Gasteiger charge is -2.03. The minimum atomic E-state index is 0. The van der Waals surface area contributed by atoms with Crippen LogP contribution in [0.1, 0.15) is 102 Å². The molecule has 0 saturated heterocycles. The lowest BCUT2D eigenvalue weighted by atomic mass is 10.0. The van der Waals surface area contributed by atoms with E-state index in [0.717, 1.165) is 0 Å². The van der Waals surface area contributed by atoms with Crippen molar-refractivity contribution in [3.05, 3.63) is 35.9 Å². The Morgan fingerprint density at radius 2 is 0.913 bits per heavy atom. The third-order valence-electron chi connectivity index (χ3n) is 4.66. The van der Waals surface area contributed by atoms with Gasteiger partial charge in [0.05, 0.1) is 0 Å². The Kier molecular flexibility index (Phi) is 16.9. The molecular weight excluding hydrogens is 280 g/mol. The molecule has 134 valence electrons. The number of unbranched alkanes of at least 4 members (excludes halogenated alkanes) is 13. The largest absolute Gasteiger partial charge is 0.412 e. The maximum absolute atomic E-state index is 2.29. The van der Waals surface area contributed by atoms with Crippen molar-refractivity contribution in [2.75, 3.05) is 0 Å². The molecule has 23 heavy (non-hydrogen) atoms. The van der Waals surface area contributed by atoms with Crippen LogP contribution in [0.3, 0.4) is 0 Å². The van der Waals surface area contributed by atoms with E-state index in [2.05, 4.69) is 37.3 Å². The second-order valence-electron chi connectivity index (χ2n) is 6.83. The van der Waals surface area contributed by atoms with E-state index in [9.17, 15) is 0 Å². The fourth-order valence-corrected chi connectivity index (χ4v) is 3.17. The average Bonchev–Trinajstić information content (AvgIpc) is 2.56. The van der Waals surface area contributed by atoms with Crippen LogP contribution < -0.4 is 0 Å². The molecule has 1 heteroatoms. The highest BCUT2D eigenvalue weighted by atomic mass is 16.0. The molecular formula is C22H40O. The van der Waals surface area contributed by atoms with E-state index in [4.69, 9.17) is 0 Å². The van der Waals surface area contributed by atoms with Crippen LogP contribution in [0.2, 0.25) is 0 Å². The monoisotopic (exact) mass is 320 g/mol. The zero-order valence-electron chi connectivity index (χ0n) is 15.5. The van der Waals surface area contributed by atoms with Crippen LogP contribution >= 0.6 is 0 Å². The molecule has 2 N–H and O–H groups in total. The molecule has 1 nitrogen and oxygen atoms in total. The molecule has 0 unspecified atom stereocenters. The highest BCUT2D eigenvalue weighted by Gasteiger charge is 1.95. The number of hydrogen-bond acceptors (Lipinski definition) is 0. The molecule has 0 radical (unpaired) electrons. The molecule has 0 bridgehead atoms. The Morgan fingerprint density at radius 3 is 1.35 bits per heavy atom. The third kappa shape index (κ3) is 14.5. The molecule has 0 aliphatic rings. The van der Waals surface area contributed by atoms with Gasteiger partial charge in [-0.05, 0) is 18.4 Å². The lowest BCUT2D eigenvalue weighted by molar-refractivity contribution is 0.535. The summed E-state index contributed by atoms with van der Waals surface area (Å²) in [5, 5.41) is 0. The van der Waals surface area contributed by atoms with E-state index in [1.165, 1.54) is 102 Å². The van der Waals surface area contributed by atoms with Crippen LogP contribution in [-0.4, -0.2) is 5.48 Å². The summed E-state index contributed by atoms with van der Waals surface area (Å²) in [6.45, 7) is 2.29. The molecule has 0 atom stereocenters. The van der Waals surface area contributed by atoms with Crippen LogP contribution in [-0.2, 0) is 6.42 Å². The van der Waals surface area contributed by atoms with Gasteiger partial charge >= 0.3 is 0 Å². The average molecular weight is 321 g/mol. The summed E-state index contributed by atoms with van der Waals surface area (Å²) in [6, 6.07) is 10.9. The van der Waals surface area contributed by atoms with Crippen LogP contribution in [0.15, 0.2) is 30.3 Å². The van der Waals surface area contributed by atoms with Gasteiger partial charge in [-0.1, -0.05) is 121 Å². The number of aryl methyl sites for hydroxylation is 1. The maximum atomic E-state index is 2.29. The van der Waals surface area contributed by atoms with Crippen LogP contribution in [0, 0.1) is 0 Å². The molecule has 0 aromatic heterocycles. The Labute approximate surface area is 145 Å². The van der Waals surface area contributed by atoms with Gasteiger partial charge in [0, 0.05) is 0 Å². The predicted molar refractivity (Wildman–Crippen MR) is 104 cm³/mol. The minimum absolute atomic E-state index is 0. The highest BCUT2D eigenvalue weighted by molar-refractivity contribution is 5.14. The molecule has 0 amide bonds. The van der Waals surface area contributed by atoms with Crippen molar-refractivity contribution < 1.29 is 5.48 Å². The van der Waals surface area contributed by atoms with E-state index >= 15 is 0 Å². The molecule has 0 heterocycles. The number of rotatable bonds is 15. The van der Waals surface area contributed by atoms with E-state index < -0.39 is 0 Å². The fourth-order valence-electron chi connectivity index (χ4n) is 3.17. The molecule has 1 rings (SSSR count). The summed E-state index contributed by atoms with van der Waals surface area (Å²) in [6.07, 6.45) is 21.5. The van der Waals surface area contributed by atoms with Gasteiger partial charge < -0.3 is 5.48 Å². The van der Waals surface area contributed by atoms with Gasteiger partial charge in [0.25, 0.3) is 0 Å². The summed E-state index contributed by atoms with van der Waals surface area (Å²) in [7, 11) is 0. The molecule has 0 spiro atoms. The smallest absolute Gasteiger partial charge is 0.0279 e. The van der Waals surface area contributed by atoms with Crippen molar-refractivity contribution in [2.45, 2.75) is 103 Å². The molecule has 1 aromatic rings. The highest BCUT2D eigenvalue weighted by Crippen LogP contribution is 2.13. The van der Waals surface area contributed by atoms with Gasteiger partial charge in [0.15, 0.2) is 0 Å². The third-order valence-corrected chi connectivity index (χ3v) is 4.66. The summed E-state index contributed by atoms with van der Waals surface area (Å²) in [5.74, 6) is 0. The standard InChI is InChI=1S/C22H38.H2O/c1-2-3-4-5-6-7-8-9-10-11-12-13-14-16-19-22-20-17-15-18-21-22;/h15,17-18,20-21H,2-14,16,19H2,1H3;1H2. The van der Waals surface area contributed by atoms with E-state index in [0.29, 0.717) is 0 Å². The van der Waals surface area contributed by atoms with Crippen molar-refractivity contribution in [1.29, 1.82) is 0 Å². The first-order valence-corrected chi connectivity index (χ1v) is 9.97. The normalized spacial score (nSPS) is 10.5. The zero-order valence-corrected chi connectivity index (χ0v) is 15.5. The van der Waals surface area contributed by atoms with Crippen molar-refractivity contribution in [2.24, 2.45) is 0 Å². The predicted octanol–water partition coefficient (Wildman–Crippen LogP) is 6.89. The number of hydrogen-bond donors (Lipinski definition) is 0. The Hall–Kier alpha value is -0.820. The second kappa shape index (κ2) is 17.5. The minimum Gasteiger partial charge on any atom is -0.412 e. The second-order valence-corrected chi connectivity index (χ2v) is 6.83. The van der Waals surface area contributed by atoms with Crippen molar-refractivity contribution in [3.8, 4) is 0 Å².